The van der Waals surface area contributed by atoms with E-state index < -0.39 is 0 Å². The molecule has 0 fully saturated rings. The molecule has 1 rings (SSSR count). The third kappa shape index (κ3) is 3.50. The molecule has 0 aliphatic rings. The van der Waals surface area contributed by atoms with Crippen molar-refractivity contribution in [2.24, 2.45) is 0 Å². The van der Waals surface area contributed by atoms with E-state index in [0.717, 1.165) is 30.4 Å². The molecule has 0 spiro atoms. The summed E-state index contributed by atoms with van der Waals surface area (Å²) in [6.07, 6.45) is 5.07. The topological polar surface area (TPSA) is 0 Å². The van der Waals surface area contributed by atoms with E-state index >= 15 is 0 Å². The Balaban J connectivity index is 2.89. The molecule has 1 heteroatoms. The first-order chi connectivity index (χ1) is 7.17. The van der Waals surface area contributed by atoms with Crippen LogP contribution in [0.5, 0.6) is 0 Å². The monoisotopic (exact) mass is 206 g/mol. The van der Waals surface area contributed by atoms with Crippen LogP contribution in [-0.4, -0.2) is 0 Å². The zero-order valence-electron chi connectivity index (χ0n) is 9.59. The van der Waals surface area contributed by atoms with Crippen molar-refractivity contribution in [3.63, 3.8) is 0 Å². The van der Waals surface area contributed by atoms with Gasteiger partial charge in [0.05, 0.1) is 0 Å². The number of unbranched alkanes of at least 4 members (excludes halogenated alkanes) is 1. The van der Waals surface area contributed by atoms with Crippen LogP contribution in [0.15, 0.2) is 30.9 Å². The maximum absolute atomic E-state index is 13.3. The normalized spacial score (nSPS) is 12.5. The summed E-state index contributed by atoms with van der Waals surface area (Å²) in [5.74, 6) is 0.0911. The van der Waals surface area contributed by atoms with Crippen LogP contribution in [0.2, 0.25) is 0 Å². The van der Waals surface area contributed by atoms with Crippen LogP contribution in [0.1, 0.15) is 43.7 Å². The lowest BCUT2D eigenvalue weighted by molar-refractivity contribution is 0.620. The highest BCUT2D eigenvalue weighted by Crippen LogP contribution is 2.20. The van der Waals surface area contributed by atoms with Gasteiger partial charge >= 0.3 is 0 Å². The van der Waals surface area contributed by atoms with E-state index in [1.807, 2.05) is 13.0 Å². The standard InChI is InChI=1S/C14H19F/c1-4-6-7-12-8-13(11(3)5-2)10-14(15)9-12/h5,8-11H,2,4,6-7H2,1,3H3. The minimum absolute atomic E-state index is 0.132. The molecule has 1 aromatic carbocycles. The van der Waals surface area contributed by atoms with Crippen LogP contribution in [0.25, 0.3) is 0 Å². The van der Waals surface area contributed by atoms with E-state index in [1.54, 1.807) is 12.1 Å². The number of hydrogen-bond acceptors (Lipinski definition) is 0. The molecule has 82 valence electrons. The molecule has 0 heterocycles. The fourth-order valence-electron chi connectivity index (χ4n) is 1.60. The SMILES string of the molecule is C=CC(C)c1cc(F)cc(CCCC)c1. The average Bonchev–Trinajstić information content (AvgIpc) is 2.24. The van der Waals surface area contributed by atoms with Crippen molar-refractivity contribution < 1.29 is 4.39 Å². The van der Waals surface area contributed by atoms with Gasteiger partial charge in [0.15, 0.2) is 0 Å². The van der Waals surface area contributed by atoms with Crippen molar-refractivity contribution in [3.8, 4) is 0 Å². The zero-order valence-corrected chi connectivity index (χ0v) is 9.59. The van der Waals surface area contributed by atoms with Crippen LogP contribution >= 0.6 is 0 Å². The van der Waals surface area contributed by atoms with Gasteiger partial charge in [-0.25, -0.2) is 4.39 Å². The first-order valence-corrected chi connectivity index (χ1v) is 5.59. The molecule has 0 aliphatic heterocycles. The highest BCUT2D eigenvalue weighted by atomic mass is 19.1. The van der Waals surface area contributed by atoms with E-state index in [0.29, 0.717) is 0 Å². The number of halogens is 1. The fraction of sp³-hybridized carbons (Fsp3) is 0.429. The summed E-state index contributed by atoms with van der Waals surface area (Å²) in [7, 11) is 0. The fourth-order valence-corrected chi connectivity index (χ4v) is 1.60. The summed E-state index contributed by atoms with van der Waals surface area (Å²) >= 11 is 0. The Labute approximate surface area is 91.8 Å². The van der Waals surface area contributed by atoms with Gasteiger partial charge in [-0.1, -0.05) is 32.4 Å². The molecule has 0 radical (unpaired) electrons. The molecule has 0 amide bonds. The van der Waals surface area contributed by atoms with Gasteiger partial charge in [-0.05, 0) is 42.0 Å². The van der Waals surface area contributed by atoms with Gasteiger partial charge in [0.2, 0.25) is 0 Å². The van der Waals surface area contributed by atoms with Crippen LogP contribution in [0.4, 0.5) is 4.39 Å². The van der Waals surface area contributed by atoms with Crippen LogP contribution in [0.3, 0.4) is 0 Å². The molecule has 0 aromatic heterocycles. The molecule has 15 heavy (non-hydrogen) atoms. The Morgan fingerprint density at radius 1 is 1.40 bits per heavy atom. The highest BCUT2D eigenvalue weighted by Gasteiger charge is 2.05. The van der Waals surface area contributed by atoms with Gasteiger partial charge < -0.3 is 0 Å². The van der Waals surface area contributed by atoms with E-state index in [1.165, 1.54) is 0 Å². The van der Waals surface area contributed by atoms with E-state index in [2.05, 4.69) is 19.6 Å². The summed E-state index contributed by atoms with van der Waals surface area (Å²) in [5.41, 5.74) is 2.12. The van der Waals surface area contributed by atoms with Crippen LogP contribution in [0, 0.1) is 5.82 Å². The number of hydrogen-bond donors (Lipinski definition) is 0. The van der Waals surface area contributed by atoms with Gasteiger partial charge in [-0.15, -0.1) is 6.58 Å². The lowest BCUT2D eigenvalue weighted by Crippen LogP contribution is -1.94. The molecule has 1 unspecified atom stereocenters. The molecule has 0 saturated heterocycles. The summed E-state index contributed by atoms with van der Waals surface area (Å²) < 4.78 is 13.3. The first-order valence-electron chi connectivity index (χ1n) is 5.59. The van der Waals surface area contributed by atoms with Crippen molar-refractivity contribution in [1.29, 1.82) is 0 Å². The Morgan fingerprint density at radius 2 is 2.13 bits per heavy atom. The number of rotatable bonds is 5. The minimum Gasteiger partial charge on any atom is -0.207 e. The van der Waals surface area contributed by atoms with Crippen LogP contribution in [-0.2, 0) is 6.42 Å². The molecule has 0 nitrogen and oxygen atoms in total. The average molecular weight is 206 g/mol. The quantitative estimate of drug-likeness (QED) is 0.624. The maximum atomic E-state index is 13.3. The predicted molar refractivity (Wildman–Crippen MR) is 63.6 cm³/mol. The van der Waals surface area contributed by atoms with Gasteiger partial charge in [0.25, 0.3) is 0 Å². The Bertz CT molecular complexity index is 328. The lowest BCUT2D eigenvalue weighted by atomic mass is 9.97. The van der Waals surface area contributed by atoms with Crippen molar-refractivity contribution in [3.05, 3.63) is 47.8 Å². The maximum Gasteiger partial charge on any atom is 0.123 e. The summed E-state index contributed by atoms with van der Waals surface area (Å²) in [4.78, 5) is 0. The minimum atomic E-state index is -0.132. The number of aryl methyl sites for hydroxylation is 1. The summed E-state index contributed by atoms with van der Waals surface area (Å²) in [5, 5.41) is 0. The van der Waals surface area contributed by atoms with Gasteiger partial charge in [0.1, 0.15) is 5.82 Å². The van der Waals surface area contributed by atoms with Crippen molar-refractivity contribution in [2.45, 2.75) is 39.0 Å². The second-order valence-corrected chi connectivity index (χ2v) is 4.02. The Hall–Kier alpha value is -1.11. The van der Waals surface area contributed by atoms with Crippen molar-refractivity contribution in [1.82, 2.24) is 0 Å². The largest absolute Gasteiger partial charge is 0.207 e. The first kappa shape index (κ1) is 12.0. The van der Waals surface area contributed by atoms with E-state index in [9.17, 15) is 4.39 Å². The van der Waals surface area contributed by atoms with E-state index in [-0.39, 0.29) is 11.7 Å². The van der Waals surface area contributed by atoms with Gasteiger partial charge in [-0.3, -0.25) is 0 Å². The smallest absolute Gasteiger partial charge is 0.123 e. The zero-order chi connectivity index (χ0) is 11.3. The molecular weight excluding hydrogens is 187 g/mol. The molecule has 1 atom stereocenters. The number of allylic oxidation sites excluding steroid dienone is 1. The summed E-state index contributed by atoms with van der Waals surface area (Å²) in [6.45, 7) is 7.91. The third-order valence-electron chi connectivity index (χ3n) is 2.68. The van der Waals surface area contributed by atoms with Gasteiger partial charge in [0, 0.05) is 0 Å². The summed E-state index contributed by atoms with van der Waals surface area (Å²) in [6, 6.07) is 5.32. The lowest BCUT2D eigenvalue weighted by Gasteiger charge is -2.09. The molecule has 0 N–H and O–H groups in total. The predicted octanol–water partition coefficient (Wildman–Crippen LogP) is 4.46. The van der Waals surface area contributed by atoms with Crippen LogP contribution < -0.4 is 0 Å². The Morgan fingerprint density at radius 3 is 2.73 bits per heavy atom. The third-order valence-corrected chi connectivity index (χ3v) is 2.68. The molecule has 0 saturated carbocycles. The second-order valence-electron chi connectivity index (χ2n) is 4.02. The highest BCUT2D eigenvalue weighted by molar-refractivity contribution is 5.29. The molecule has 1 aromatic rings. The van der Waals surface area contributed by atoms with Gasteiger partial charge in [-0.2, -0.15) is 0 Å². The second kappa shape index (κ2) is 5.69. The van der Waals surface area contributed by atoms with Crippen molar-refractivity contribution >= 4 is 0 Å². The van der Waals surface area contributed by atoms with E-state index in [4.69, 9.17) is 0 Å². The van der Waals surface area contributed by atoms with Crippen molar-refractivity contribution in [2.75, 3.05) is 0 Å². The Kier molecular flexibility index (Phi) is 4.54. The number of benzene rings is 1. The molecular formula is C14H19F. The molecule has 0 bridgehead atoms. The molecule has 0 aliphatic carbocycles.